The van der Waals surface area contributed by atoms with E-state index in [0.29, 0.717) is 66.1 Å². The Morgan fingerprint density at radius 2 is 0.350 bits per heavy atom. The molecule has 5 aliphatic heterocycles. The van der Waals surface area contributed by atoms with Crippen LogP contribution in [0.5, 0.6) is 0 Å². The molecule has 80 heavy (non-hydrogen) atoms. The van der Waals surface area contributed by atoms with Gasteiger partial charge in [-0.2, -0.15) is 0 Å². The Labute approximate surface area is 463 Å². The van der Waals surface area contributed by atoms with Crippen LogP contribution in [-0.4, -0.2) is 66.1 Å². The highest BCUT2D eigenvalue weighted by atomic mass is 16.7. The van der Waals surface area contributed by atoms with Gasteiger partial charge >= 0.3 is 0 Å². The molecule has 10 heteroatoms. The van der Waals surface area contributed by atoms with Crippen LogP contribution in [0.1, 0.15) is 91.4 Å². The first kappa shape index (κ1) is 49.0. The van der Waals surface area contributed by atoms with E-state index in [9.17, 15) is 0 Å². The van der Waals surface area contributed by atoms with Crippen molar-refractivity contribution in [2.24, 2.45) is 0 Å². The Kier molecular flexibility index (Phi) is 12.6. The predicted molar refractivity (Wildman–Crippen MR) is 311 cm³/mol. The fraction of sp³-hybridized carbons (Fsp3) is 0.286. The van der Waals surface area contributed by atoms with Crippen molar-refractivity contribution < 1.29 is 47.4 Å². The molecule has 0 atom stereocenters. The molecule has 5 aliphatic rings. The summed E-state index contributed by atoms with van der Waals surface area (Å²) in [6.45, 7) is 6.83. The van der Waals surface area contributed by atoms with Crippen LogP contribution in [0, 0.1) is 0 Å². The lowest BCUT2D eigenvalue weighted by molar-refractivity contribution is -0.183. The molecule has 400 valence electrons. The van der Waals surface area contributed by atoms with Gasteiger partial charge in [0.25, 0.3) is 0 Å². The van der Waals surface area contributed by atoms with Gasteiger partial charge in [0.1, 0.15) is 0 Å². The van der Waals surface area contributed by atoms with E-state index in [1.807, 2.05) is 0 Å². The molecule has 0 radical (unpaired) electrons. The summed E-state index contributed by atoms with van der Waals surface area (Å²) in [7, 11) is 0. The zero-order valence-electron chi connectivity index (χ0n) is 44.5. The van der Waals surface area contributed by atoms with E-state index >= 15 is 0 Å². The number of rotatable bonds is 10. The molecular weight excluding hydrogens is 1000 g/mol. The van der Waals surface area contributed by atoms with Crippen molar-refractivity contribution in [2.45, 2.75) is 63.6 Å². The lowest BCUT2D eigenvalue weighted by atomic mass is 9.85. The van der Waals surface area contributed by atoms with Gasteiger partial charge in [0.05, 0.1) is 66.1 Å². The summed E-state index contributed by atoms with van der Waals surface area (Å²) < 4.78 is 61.1. The Hall–Kier alpha value is -6.90. The maximum atomic E-state index is 6.11. The van der Waals surface area contributed by atoms with Crippen LogP contribution in [-0.2, 0) is 47.4 Å². The maximum absolute atomic E-state index is 6.11. The molecule has 11 aromatic carbocycles. The minimum atomic E-state index is -0.384. The lowest BCUT2D eigenvalue weighted by Gasteiger charge is -2.24. The lowest BCUT2D eigenvalue weighted by Crippen LogP contribution is -2.17. The highest BCUT2D eigenvalue weighted by Crippen LogP contribution is 2.57. The van der Waals surface area contributed by atoms with E-state index in [1.54, 1.807) is 0 Å². The average Bonchev–Trinajstić information content (AvgIpc) is 3.07. The molecule has 10 nitrogen and oxygen atoms in total. The molecule has 0 bridgehead atoms. The molecule has 0 N–H and O–H groups in total. The van der Waals surface area contributed by atoms with E-state index in [-0.39, 0.29) is 31.5 Å². The monoisotopic (exact) mass is 1060 g/mol. The van der Waals surface area contributed by atoms with E-state index in [4.69, 9.17) is 47.4 Å². The summed E-state index contributed by atoms with van der Waals surface area (Å²) in [6, 6.07) is 56.6. The van der Waals surface area contributed by atoms with Gasteiger partial charge in [0.15, 0.2) is 31.5 Å². The predicted octanol–water partition coefficient (Wildman–Crippen LogP) is 16.3. The molecule has 16 rings (SSSR count). The first-order valence-corrected chi connectivity index (χ1v) is 28.7. The molecular formula is C70H60O10. The molecule has 0 unspecified atom stereocenters. The number of benzene rings is 10. The molecule has 0 aromatic heterocycles. The molecule has 5 saturated heterocycles. The first-order chi connectivity index (χ1) is 39.7. The third kappa shape index (κ3) is 8.47. The highest BCUT2D eigenvalue weighted by molar-refractivity contribution is 6.49. The fourth-order valence-corrected chi connectivity index (χ4v) is 13.2. The molecule has 5 heterocycles. The number of ether oxygens (including phenoxy) is 10. The van der Waals surface area contributed by atoms with Crippen molar-refractivity contribution in [3.05, 3.63) is 179 Å². The van der Waals surface area contributed by atoms with Gasteiger partial charge in [-0.3, -0.25) is 0 Å². The van der Waals surface area contributed by atoms with Gasteiger partial charge in [-0.1, -0.05) is 121 Å². The Bertz CT molecular complexity index is 3340. The summed E-state index contributed by atoms with van der Waals surface area (Å²) in [4.78, 5) is 0. The third-order valence-electron chi connectivity index (χ3n) is 17.1. The van der Waals surface area contributed by atoms with E-state index in [1.165, 1.54) is 53.9 Å². The van der Waals surface area contributed by atoms with Gasteiger partial charge in [-0.25, -0.2) is 0 Å². The zero-order valence-corrected chi connectivity index (χ0v) is 44.5. The van der Waals surface area contributed by atoms with Gasteiger partial charge in [0, 0.05) is 27.8 Å². The summed E-state index contributed by atoms with van der Waals surface area (Å²) >= 11 is 0. The van der Waals surface area contributed by atoms with Crippen molar-refractivity contribution in [3.63, 3.8) is 0 Å². The Morgan fingerprint density at radius 3 is 0.500 bits per heavy atom. The molecule has 11 aromatic rings. The molecule has 0 saturated carbocycles. The number of hydrogen-bond acceptors (Lipinski definition) is 10. The third-order valence-corrected chi connectivity index (χ3v) is 17.1. The largest absolute Gasteiger partial charge is 0.348 e. The van der Waals surface area contributed by atoms with Crippen LogP contribution in [0.4, 0.5) is 0 Å². The smallest absolute Gasteiger partial charge is 0.183 e. The van der Waals surface area contributed by atoms with Gasteiger partial charge in [0.2, 0.25) is 0 Å². The van der Waals surface area contributed by atoms with Gasteiger partial charge in [-0.05, 0) is 172 Å². The van der Waals surface area contributed by atoms with Crippen LogP contribution in [0.25, 0.3) is 109 Å². The van der Waals surface area contributed by atoms with Crippen LogP contribution >= 0.6 is 0 Å². The second-order valence-electron chi connectivity index (χ2n) is 22.0. The topological polar surface area (TPSA) is 92.3 Å². The SMILES string of the molecule is c1cc(C2OCCCO2)ccc1-c1cc2c(-c3ccc(C4OCCCO4)cc3)cc3c(-c4ccc(C5OCCCO5)cc4)cc4c(-c5ccc(C6OCCCO6)cc5)cc5c(-c6ccc(C7OCCCO7)cc6)cc1c1c5c4c3c21. The summed E-state index contributed by atoms with van der Waals surface area (Å²) in [6.07, 6.45) is 2.56. The molecule has 0 spiro atoms. The summed E-state index contributed by atoms with van der Waals surface area (Å²) in [5.74, 6) is 0. The summed E-state index contributed by atoms with van der Waals surface area (Å²) in [5.41, 5.74) is 16.5. The molecule has 0 aliphatic carbocycles. The average molecular weight is 1060 g/mol. The van der Waals surface area contributed by atoms with Crippen LogP contribution < -0.4 is 0 Å². The van der Waals surface area contributed by atoms with Crippen molar-refractivity contribution >= 4 is 53.9 Å². The standard InChI is InChI=1S/C70H60O10/c1-26-71-66(72-27-1)46-16-6-41(7-17-46)51-36-57-53(43-10-20-48(21-11-43)68-75-30-3-31-76-68)38-59-55(45-14-24-50(25-15-45)70-79-34-5-35-80-70)40-60-54(44-12-22-49(23-13-44)69-77-32-4-33-78-69)39-58-52(37-56(51)61-62(57)64(59)65(60)63(58)61)42-8-18-47(19-9-42)67-73-28-2-29-74-67/h6-25,36-40,66-70H,1-5,26-35H2. The quantitative estimate of drug-likeness (QED) is 0.123. The van der Waals surface area contributed by atoms with Crippen LogP contribution in [0.15, 0.2) is 152 Å². The second kappa shape index (κ2) is 20.6. The van der Waals surface area contributed by atoms with Crippen molar-refractivity contribution in [1.82, 2.24) is 0 Å². The minimum absolute atomic E-state index is 0.384. The van der Waals surface area contributed by atoms with Crippen LogP contribution in [0.2, 0.25) is 0 Å². The van der Waals surface area contributed by atoms with E-state index in [0.717, 1.165) is 116 Å². The molecule has 5 fully saturated rings. The second-order valence-corrected chi connectivity index (χ2v) is 22.0. The highest BCUT2D eigenvalue weighted by Gasteiger charge is 2.31. The molecule has 0 amide bonds. The van der Waals surface area contributed by atoms with E-state index in [2.05, 4.69) is 152 Å². The van der Waals surface area contributed by atoms with Crippen molar-refractivity contribution in [2.75, 3.05) is 66.1 Å². The van der Waals surface area contributed by atoms with Gasteiger partial charge in [-0.15, -0.1) is 0 Å². The zero-order chi connectivity index (χ0) is 52.7. The maximum Gasteiger partial charge on any atom is 0.183 e. The van der Waals surface area contributed by atoms with Crippen molar-refractivity contribution in [3.8, 4) is 55.6 Å². The van der Waals surface area contributed by atoms with Crippen LogP contribution in [0.3, 0.4) is 0 Å². The fourth-order valence-electron chi connectivity index (χ4n) is 13.2. The first-order valence-electron chi connectivity index (χ1n) is 28.7. The van der Waals surface area contributed by atoms with Gasteiger partial charge < -0.3 is 47.4 Å². The minimum Gasteiger partial charge on any atom is -0.348 e. The Balaban J connectivity index is 0.990. The summed E-state index contributed by atoms with van der Waals surface area (Å²) in [5, 5.41) is 12.3. The van der Waals surface area contributed by atoms with E-state index < -0.39 is 0 Å². The number of hydrogen-bond donors (Lipinski definition) is 0. The normalized spacial score (nSPS) is 19.0. The Morgan fingerprint density at radius 1 is 0.200 bits per heavy atom. The van der Waals surface area contributed by atoms with Crippen molar-refractivity contribution in [1.29, 1.82) is 0 Å².